The van der Waals surface area contributed by atoms with Gasteiger partial charge in [-0.25, -0.2) is 4.79 Å². The third-order valence-electron chi connectivity index (χ3n) is 3.60. The summed E-state index contributed by atoms with van der Waals surface area (Å²) < 4.78 is 3.62. The summed E-state index contributed by atoms with van der Waals surface area (Å²) in [5.41, 5.74) is 1.83. The highest BCUT2D eigenvalue weighted by molar-refractivity contribution is 5.89. The number of nitrogens with zero attached hydrogens (tertiary/aromatic N) is 5. The molecule has 2 heterocycles. The van der Waals surface area contributed by atoms with E-state index in [1.54, 1.807) is 17.1 Å². The van der Waals surface area contributed by atoms with Crippen LogP contribution in [0, 0.1) is 0 Å². The van der Waals surface area contributed by atoms with Crippen molar-refractivity contribution in [2.45, 2.75) is 19.5 Å². The molecule has 2 N–H and O–H groups in total. The van der Waals surface area contributed by atoms with Crippen LogP contribution in [0.15, 0.2) is 49.1 Å². The standard InChI is InChI=1S/C16H19N7O/c1-12(15-21-17-11-22(15)2)19-16(24)20-14-6-4-13(5-7-14)10-23-9-3-8-18-23/h3-9,11-12H,10H2,1-2H3,(H2,19,20,24)/t12-/m1/s1. The minimum absolute atomic E-state index is 0.239. The number of carbonyl (C=O) groups excluding carboxylic acids is 1. The average molecular weight is 325 g/mol. The van der Waals surface area contributed by atoms with Crippen LogP contribution in [0.2, 0.25) is 0 Å². The van der Waals surface area contributed by atoms with Crippen LogP contribution in [0.4, 0.5) is 10.5 Å². The Morgan fingerprint density at radius 3 is 2.71 bits per heavy atom. The van der Waals surface area contributed by atoms with Crippen molar-refractivity contribution in [1.82, 2.24) is 29.9 Å². The molecule has 1 atom stereocenters. The van der Waals surface area contributed by atoms with Crippen LogP contribution in [0.5, 0.6) is 0 Å². The van der Waals surface area contributed by atoms with Crippen LogP contribution in [0.25, 0.3) is 0 Å². The molecular weight excluding hydrogens is 306 g/mol. The van der Waals surface area contributed by atoms with Crippen molar-refractivity contribution in [3.05, 3.63) is 60.4 Å². The fraction of sp³-hybridized carbons (Fsp3) is 0.250. The Bertz CT molecular complexity index is 792. The first-order valence-electron chi connectivity index (χ1n) is 7.59. The zero-order valence-electron chi connectivity index (χ0n) is 13.5. The molecule has 0 saturated carbocycles. The number of hydrogen-bond acceptors (Lipinski definition) is 4. The van der Waals surface area contributed by atoms with Gasteiger partial charge in [0.25, 0.3) is 0 Å². The van der Waals surface area contributed by atoms with E-state index in [1.165, 1.54) is 0 Å². The summed E-state index contributed by atoms with van der Waals surface area (Å²) in [5, 5.41) is 17.6. The number of rotatable bonds is 5. The van der Waals surface area contributed by atoms with Gasteiger partial charge in [-0.1, -0.05) is 12.1 Å². The van der Waals surface area contributed by atoms with E-state index in [0.29, 0.717) is 12.4 Å². The number of nitrogens with one attached hydrogen (secondary N) is 2. The highest BCUT2D eigenvalue weighted by Crippen LogP contribution is 2.12. The van der Waals surface area contributed by atoms with E-state index in [-0.39, 0.29) is 12.1 Å². The zero-order chi connectivity index (χ0) is 16.9. The monoisotopic (exact) mass is 325 g/mol. The van der Waals surface area contributed by atoms with Gasteiger partial charge in [-0.05, 0) is 30.7 Å². The molecule has 3 aromatic rings. The first-order valence-corrected chi connectivity index (χ1v) is 7.59. The number of benzene rings is 1. The summed E-state index contributed by atoms with van der Waals surface area (Å²) in [6, 6.07) is 9.02. The maximum atomic E-state index is 12.1. The summed E-state index contributed by atoms with van der Waals surface area (Å²) in [4.78, 5) is 12.1. The van der Waals surface area contributed by atoms with E-state index >= 15 is 0 Å². The smallest absolute Gasteiger partial charge is 0.319 e. The van der Waals surface area contributed by atoms with Crippen molar-refractivity contribution in [2.24, 2.45) is 7.05 Å². The second-order valence-electron chi connectivity index (χ2n) is 5.52. The van der Waals surface area contributed by atoms with E-state index < -0.39 is 0 Å². The van der Waals surface area contributed by atoms with Crippen LogP contribution in [-0.2, 0) is 13.6 Å². The van der Waals surface area contributed by atoms with E-state index in [4.69, 9.17) is 0 Å². The molecule has 0 aliphatic rings. The third kappa shape index (κ3) is 3.78. The molecule has 0 spiro atoms. The van der Waals surface area contributed by atoms with Crippen LogP contribution >= 0.6 is 0 Å². The molecule has 0 aliphatic carbocycles. The highest BCUT2D eigenvalue weighted by Gasteiger charge is 2.14. The molecule has 0 aliphatic heterocycles. The van der Waals surface area contributed by atoms with Crippen molar-refractivity contribution in [3.8, 4) is 0 Å². The van der Waals surface area contributed by atoms with Crippen molar-refractivity contribution in [1.29, 1.82) is 0 Å². The molecule has 24 heavy (non-hydrogen) atoms. The Kier molecular flexibility index (Phi) is 4.55. The fourth-order valence-electron chi connectivity index (χ4n) is 2.39. The lowest BCUT2D eigenvalue weighted by molar-refractivity contribution is 0.248. The Morgan fingerprint density at radius 2 is 2.08 bits per heavy atom. The van der Waals surface area contributed by atoms with Gasteiger partial charge in [0.05, 0.1) is 12.6 Å². The molecule has 0 fully saturated rings. The minimum Gasteiger partial charge on any atom is -0.328 e. The van der Waals surface area contributed by atoms with Gasteiger partial charge in [0, 0.05) is 25.1 Å². The summed E-state index contributed by atoms with van der Waals surface area (Å²) in [7, 11) is 1.84. The van der Waals surface area contributed by atoms with Crippen LogP contribution in [0.1, 0.15) is 24.4 Å². The number of carbonyl (C=O) groups is 1. The van der Waals surface area contributed by atoms with Gasteiger partial charge in [0.2, 0.25) is 0 Å². The molecule has 8 heteroatoms. The lowest BCUT2D eigenvalue weighted by Crippen LogP contribution is -2.32. The SMILES string of the molecule is C[C@@H](NC(=O)Nc1ccc(Cn2cccn2)cc1)c1nncn1C. The minimum atomic E-state index is -0.287. The van der Waals surface area contributed by atoms with Crippen LogP contribution in [-0.4, -0.2) is 30.6 Å². The van der Waals surface area contributed by atoms with Gasteiger partial charge < -0.3 is 15.2 Å². The second-order valence-corrected chi connectivity index (χ2v) is 5.52. The molecular formula is C16H19N7O. The predicted octanol–water partition coefficient (Wildman–Crippen LogP) is 1.94. The largest absolute Gasteiger partial charge is 0.328 e. The van der Waals surface area contributed by atoms with E-state index in [2.05, 4.69) is 25.9 Å². The summed E-state index contributed by atoms with van der Waals surface area (Å²) in [5.74, 6) is 0.694. The molecule has 0 bridgehead atoms. The van der Waals surface area contributed by atoms with Gasteiger partial charge in [0.1, 0.15) is 6.33 Å². The lowest BCUT2D eigenvalue weighted by atomic mass is 10.2. The molecule has 0 radical (unpaired) electrons. The number of amides is 2. The van der Waals surface area contributed by atoms with Crippen LogP contribution in [0.3, 0.4) is 0 Å². The van der Waals surface area contributed by atoms with Crippen molar-refractivity contribution in [2.75, 3.05) is 5.32 Å². The average Bonchev–Trinajstić information content (AvgIpc) is 3.20. The zero-order valence-corrected chi connectivity index (χ0v) is 13.5. The van der Waals surface area contributed by atoms with Crippen molar-refractivity contribution < 1.29 is 4.79 Å². The summed E-state index contributed by atoms with van der Waals surface area (Å²) in [6.07, 6.45) is 5.26. The fourth-order valence-corrected chi connectivity index (χ4v) is 2.39. The Balaban J connectivity index is 1.55. The molecule has 124 valence electrons. The maximum Gasteiger partial charge on any atom is 0.319 e. The second kappa shape index (κ2) is 6.95. The summed E-state index contributed by atoms with van der Waals surface area (Å²) >= 11 is 0. The topological polar surface area (TPSA) is 89.7 Å². The first-order chi connectivity index (χ1) is 11.6. The maximum absolute atomic E-state index is 12.1. The summed E-state index contributed by atoms with van der Waals surface area (Å²) in [6.45, 7) is 2.56. The molecule has 2 aromatic heterocycles. The van der Waals surface area contributed by atoms with E-state index in [0.717, 1.165) is 11.3 Å². The van der Waals surface area contributed by atoms with Gasteiger partial charge in [-0.15, -0.1) is 10.2 Å². The number of aryl methyl sites for hydroxylation is 1. The van der Waals surface area contributed by atoms with E-state index in [1.807, 2.05) is 55.2 Å². The number of aromatic nitrogens is 5. The molecule has 0 saturated heterocycles. The third-order valence-corrected chi connectivity index (χ3v) is 3.60. The van der Waals surface area contributed by atoms with Crippen LogP contribution < -0.4 is 10.6 Å². The molecule has 0 unspecified atom stereocenters. The molecule has 3 rings (SSSR count). The van der Waals surface area contributed by atoms with Gasteiger partial charge >= 0.3 is 6.03 Å². The molecule has 8 nitrogen and oxygen atoms in total. The van der Waals surface area contributed by atoms with Gasteiger partial charge in [-0.2, -0.15) is 5.10 Å². The predicted molar refractivity (Wildman–Crippen MR) is 89.3 cm³/mol. The van der Waals surface area contributed by atoms with Gasteiger partial charge in [-0.3, -0.25) is 4.68 Å². The van der Waals surface area contributed by atoms with E-state index in [9.17, 15) is 4.79 Å². The highest BCUT2D eigenvalue weighted by atomic mass is 16.2. The normalized spacial score (nSPS) is 11.9. The van der Waals surface area contributed by atoms with Gasteiger partial charge in [0.15, 0.2) is 5.82 Å². The Hall–Kier alpha value is -3.16. The molecule has 1 aromatic carbocycles. The quantitative estimate of drug-likeness (QED) is 0.750. The Labute approximate surface area is 139 Å². The van der Waals surface area contributed by atoms with Crippen molar-refractivity contribution in [3.63, 3.8) is 0 Å². The Morgan fingerprint density at radius 1 is 1.29 bits per heavy atom. The first kappa shape index (κ1) is 15.7. The molecule has 2 amide bonds. The van der Waals surface area contributed by atoms with Crippen molar-refractivity contribution >= 4 is 11.7 Å². The number of hydrogen-bond donors (Lipinski definition) is 2. The number of anilines is 1. The number of urea groups is 1. The lowest BCUT2D eigenvalue weighted by Gasteiger charge is -2.14.